The Balaban J connectivity index is 1.63. The molecule has 2 unspecified atom stereocenters. The predicted octanol–water partition coefficient (Wildman–Crippen LogP) is 3.71. The summed E-state index contributed by atoms with van der Waals surface area (Å²) in [5.74, 6) is 2.03. The van der Waals surface area contributed by atoms with Crippen molar-refractivity contribution < 1.29 is 13.2 Å². The van der Waals surface area contributed by atoms with Crippen LogP contribution in [0.25, 0.3) is 0 Å². The van der Waals surface area contributed by atoms with Gasteiger partial charge in [0.05, 0.1) is 6.42 Å². The minimum absolute atomic E-state index is 0.394. The summed E-state index contributed by atoms with van der Waals surface area (Å²) in [7, 11) is 0. The number of fused-ring (bicyclic) bond motifs is 1. The minimum Gasteiger partial charge on any atom is -0.371 e. The lowest BCUT2D eigenvalue weighted by Gasteiger charge is -2.30. The van der Waals surface area contributed by atoms with Crippen molar-refractivity contribution in [2.24, 2.45) is 11.8 Å². The van der Waals surface area contributed by atoms with Gasteiger partial charge in [0, 0.05) is 18.8 Å². The maximum Gasteiger partial charge on any atom is 0.393 e. The normalized spacial score (nSPS) is 28.0. The second kappa shape index (κ2) is 5.69. The van der Waals surface area contributed by atoms with Gasteiger partial charge in [0.15, 0.2) is 0 Å². The molecule has 2 atom stereocenters. The molecule has 1 aromatic carbocycles. The molecule has 126 valence electrons. The van der Waals surface area contributed by atoms with Gasteiger partial charge in [-0.2, -0.15) is 13.2 Å². The van der Waals surface area contributed by atoms with Crippen molar-refractivity contribution >= 4 is 5.69 Å². The SMILES string of the molecule is FC(F)(F)Cc1ccc(C2CCNCC2)c(N2CC3CC3C2)c1. The van der Waals surface area contributed by atoms with Gasteiger partial charge in [-0.05, 0) is 67.3 Å². The van der Waals surface area contributed by atoms with E-state index in [-0.39, 0.29) is 0 Å². The van der Waals surface area contributed by atoms with Crippen LogP contribution in [0.1, 0.15) is 36.3 Å². The molecule has 0 aromatic heterocycles. The van der Waals surface area contributed by atoms with Crippen molar-refractivity contribution in [2.45, 2.75) is 37.8 Å². The predicted molar refractivity (Wildman–Crippen MR) is 84.9 cm³/mol. The molecule has 2 nitrogen and oxygen atoms in total. The molecule has 2 heterocycles. The number of piperidine rings is 2. The first-order valence-electron chi connectivity index (χ1n) is 8.65. The summed E-state index contributed by atoms with van der Waals surface area (Å²) < 4.78 is 38.3. The molecule has 0 amide bonds. The Kier molecular flexibility index (Phi) is 3.79. The van der Waals surface area contributed by atoms with Gasteiger partial charge in [-0.1, -0.05) is 12.1 Å². The van der Waals surface area contributed by atoms with E-state index in [1.165, 1.54) is 12.0 Å². The third kappa shape index (κ3) is 3.35. The topological polar surface area (TPSA) is 15.3 Å². The van der Waals surface area contributed by atoms with Crippen LogP contribution in [0.15, 0.2) is 18.2 Å². The number of nitrogens with zero attached hydrogens (tertiary/aromatic N) is 1. The Hall–Kier alpha value is -1.23. The summed E-state index contributed by atoms with van der Waals surface area (Å²) in [6, 6.07) is 5.47. The molecule has 2 saturated heterocycles. The summed E-state index contributed by atoms with van der Waals surface area (Å²) in [5, 5.41) is 3.37. The number of hydrogen-bond acceptors (Lipinski definition) is 2. The van der Waals surface area contributed by atoms with Gasteiger partial charge in [0.2, 0.25) is 0 Å². The van der Waals surface area contributed by atoms with E-state index in [2.05, 4.69) is 10.2 Å². The van der Waals surface area contributed by atoms with Crippen molar-refractivity contribution in [3.63, 3.8) is 0 Å². The molecule has 0 spiro atoms. The lowest BCUT2D eigenvalue weighted by atomic mass is 9.87. The first-order valence-corrected chi connectivity index (χ1v) is 8.65. The van der Waals surface area contributed by atoms with Gasteiger partial charge in [0.25, 0.3) is 0 Å². The molecule has 1 aliphatic carbocycles. The van der Waals surface area contributed by atoms with Gasteiger partial charge in [-0.3, -0.25) is 0 Å². The average molecular weight is 324 g/mol. The van der Waals surface area contributed by atoms with E-state index in [1.54, 1.807) is 6.07 Å². The Bertz CT molecular complexity index is 568. The molecule has 1 saturated carbocycles. The molecule has 2 aliphatic heterocycles. The molecular weight excluding hydrogens is 301 g/mol. The summed E-state index contributed by atoms with van der Waals surface area (Å²) in [6.07, 6.45) is -1.51. The van der Waals surface area contributed by atoms with Crippen LogP contribution in [-0.2, 0) is 6.42 Å². The summed E-state index contributed by atoms with van der Waals surface area (Å²) >= 11 is 0. The number of halogens is 3. The number of rotatable bonds is 3. The fraction of sp³-hybridized carbons (Fsp3) is 0.667. The Morgan fingerprint density at radius 3 is 2.43 bits per heavy atom. The zero-order chi connectivity index (χ0) is 16.0. The third-order valence-electron chi connectivity index (χ3n) is 5.60. The van der Waals surface area contributed by atoms with Gasteiger partial charge >= 0.3 is 6.18 Å². The molecule has 3 fully saturated rings. The Morgan fingerprint density at radius 2 is 1.78 bits per heavy atom. The second-order valence-electron chi connectivity index (χ2n) is 7.37. The van der Waals surface area contributed by atoms with Crippen LogP contribution in [0.5, 0.6) is 0 Å². The summed E-state index contributed by atoms with van der Waals surface area (Å²) in [4.78, 5) is 2.34. The average Bonchev–Trinajstić information content (AvgIpc) is 3.12. The van der Waals surface area contributed by atoms with Gasteiger partial charge < -0.3 is 10.2 Å². The highest BCUT2D eigenvalue weighted by Crippen LogP contribution is 2.48. The highest BCUT2D eigenvalue weighted by Gasteiger charge is 2.45. The van der Waals surface area contributed by atoms with Crippen LogP contribution in [0, 0.1) is 11.8 Å². The minimum atomic E-state index is -4.14. The van der Waals surface area contributed by atoms with Gasteiger partial charge in [-0.25, -0.2) is 0 Å². The standard InChI is InChI=1S/C18H23F3N2/c19-18(20,21)9-12-1-2-16(13-3-5-22-6-4-13)17(7-12)23-10-14-8-15(14)11-23/h1-2,7,13-15,22H,3-6,8-11H2. The largest absolute Gasteiger partial charge is 0.393 e. The molecule has 5 heteroatoms. The van der Waals surface area contributed by atoms with E-state index in [4.69, 9.17) is 0 Å². The van der Waals surface area contributed by atoms with E-state index in [9.17, 15) is 13.2 Å². The van der Waals surface area contributed by atoms with Crippen LogP contribution >= 0.6 is 0 Å². The number of anilines is 1. The molecule has 0 radical (unpaired) electrons. The fourth-order valence-corrected chi connectivity index (χ4v) is 4.28. The number of benzene rings is 1. The van der Waals surface area contributed by atoms with E-state index >= 15 is 0 Å². The maximum absolute atomic E-state index is 12.8. The molecule has 1 aromatic rings. The second-order valence-corrected chi connectivity index (χ2v) is 7.37. The van der Waals surface area contributed by atoms with E-state index in [0.29, 0.717) is 11.5 Å². The molecule has 3 aliphatic rings. The fourth-order valence-electron chi connectivity index (χ4n) is 4.28. The molecular formula is C18H23F3N2. The van der Waals surface area contributed by atoms with Crippen molar-refractivity contribution in [3.8, 4) is 0 Å². The molecule has 0 bridgehead atoms. The van der Waals surface area contributed by atoms with E-state index < -0.39 is 12.6 Å². The number of nitrogens with one attached hydrogen (secondary N) is 1. The van der Waals surface area contributed by atoms with Crippen molar-refractivity contribution in [1.29, 1.82) is 0 Å². The molecule has 23 heavy (non-hydrogen) atoms. The van der Waals surface area contributed by atoms with E-state index in [0.717, 1.165) is 56.5 Å². The van der Waals surface area contributed by atoms with Gasteiger partial charge in [-0.15, -0.1) is 0 Å². The van der Waals surface area contributed by atoms with Crippen molar-refractivity contribution in [2.75, 3.05) is 31.1 Å². The highest BCUT2D eigenvalue weighted by atomic mass is 19.4. The van der Waals surface area contributed by atoms with Crippen LogP contribution < -0.4 is 10.2 Å². The first kappa shape index (κ1) is 15.3. The quantitative estimate of drug-likeness (QED) is 0.912. The smallest absolute Gasteiger partial charge is 0.371 e. The van der Waals surface area contributed by atoms with Crippen LogP contribution in [0.2, 0.25) is 0 Å². The lowest BCUT2D eigenvalue weighted by Crippen LogP contribution is -2.29. The zero-order valence-electron chi connectivity index (χ0n) is 13.2. The monoisotopic (exact) mass is 324 g/mol. The van der Waals surface area contributed by atoms with E-state index in [1.807, 2.05) is 12.1 Å². The Morgan fingerprint density at radius 1 is 1.09 bits per heavy atom. The van der Waals surface area contributed by atoms with Crippen LogP contribution in [-0.4, -0.2) is 32.4 Å². The first-order chi connectivity index (χ1) is 11.0. The molecule has 4 rings (SSSR count). The third-order valence-corrected chi connectivity index (χ3v) is 5.60. The lowest BCUT2D eigenvalue weighted by molar-refractivity contribution is -0.127. The molecule has 1 N–H and O–H groups in total. The van der Waals surface area contributed by atoms with Crippen molar-refractivity contribution in [3.05, 3.63) is 29.3 Å². The highest BCUT2D eigenvalue weighted by molar-refractivity contribution is 5.59. The van der Waals surface area contributed by atoms with Gasteiger partial charge in [0.1, 0.15) is 0 Å². The summed E-state index contributed by atoms with van der Waals surface area (Å²) in [6.45, 7) is 4.05. The van der Waals surface area contributed by atoms with Crippen LogP contribution in [0.4, 0.5) is 18.9 Å². The maximum atomic E-state index is 12.8. The Labute approximate surface area is 135 Å². The zero-order valence-corrected chi connectivity index (χ0v) is 13.2. The summed E-state index contributed by atoms with van der Waals surface area (Å²) in [5.41, 5.74) is 2.73. The number of alkyl halides is 3. The van der Waals surface area contributed by atoms with Crippen LogP contribution in [0.3, 0.4) is 0 Å². The van der Waals surface area contributed by atoms with Crippen molar-refractivity contribution in [1.82, 2.24) is 5.32 Å². The number of hydrogen-bond donors (Lipinski definition) is 1.